The molecule has 8 heteroatoms. The lowest BCUT2D eigenvalue weighted by Gasteiger charge is -2.35. The highest BCUT2D eigenvalue weighted by molar-refractivity contribution is 14.0. The average molecular weight is 536 g/mol. The summed E-state index contributed by atoms with van der Waals surface area (Å²) in [6.45, 7) is 14.3. The smallest absolute Gasteiger partial charge is 0.191 e. The Labute approximate surface area is 197 Å². The lowest BCUT2D eigenvalue weighted by molar-refractivity contribution is 0.0389. The molecule has 0 radical (unpaired) electrons. The Bertz CT molecular complexity index is 572. The first-order valence-electron chi connectivity index (χ1n) is 10.9. The van der Waals surface area contributed by atoms with Gasteiger partial charge >= 0.3 is 0 Å². The van der Waals surface area contributed by atoms with Gasteiger partial charge in [0.2, 0.25) is 0 Å². The van der Waals surface area contributed by atoms with E-state index in [2.05, 4.69) is 51.8 Å². The SMILES string of the molecule is CCNC(=NCC(c1cccs1)N1CCC(C)CC1)NCCN1CCOCC1.I. The standard InChI is InChI=1S/C21H37N5OS.HI/c1-3-22-21(23-8-11-25-12-14-27-15-13-25)24-17-19(20-5-4-16-28-20)26-9-6-18(2)7-10-26;/h4-5,16,18-19H,3,6-15,17H2,1-2H3,(H2,22,23,24);1H. The molecule has 2 saturated heterocycles. The van der Waals surface area contributed by atoms with Crippen LogP contribution in [0.4, 0.5) is 0 Å². The van der Waals surface area contributed by atoms with Crippen molar-refractivity contribution < 1.29 is 4.74 Å². The van der Waals surface area contributed by atoms with Crippen molar-refractivity contribution in [2.45, 2.75) is 32.7 Å². The molecule has 0 bridgehead atoms. The molecule has 6 nitrogen and oxygen atoms in total. The number of ether oxygens (including phenoxy) is 1. The van der Waals surface area contributed by atoms with Crippen molar-refractivity contribution >= 4 is 41.3 Å². The van der Waals surface area contributed by atoms with E-state index in [0.29, 0.717) is 6.04 Å². The number of piperidine rings is 1. The molecule has 0 saturated carbocycles. The topological polar surface area (TPSA) is 52.1 Å². The Morgan fingerprint density at radius 3 is 2.66 bits per heavy atom. The number of nitrogens with zero attached hydrogens (tertiary/aromatic N) is 3. The lowest BCUT2D eigenvalue weighted by Crippen LogP contribution is -2.45. The molecule has 2 N–H and O–H groups in total. The van der Waals surface area contributed by atoms with Crippen LogP contribution in [0.15, 0.2) is 22.5 Å². The highest BCUT2D eigenvalue weighted by Crippen LogP contribution is 2.29. The molecule has 0 aliphatic carbocycles. The minimum Gasteiger partial charge on any atom is -0.379 e. The van der Waals surface area contributed by atoms with E-state index >= 15 is 0 Å². The summed E-state index contributed by atoms with van der Waals surface area (Å²) in [6, 6.07) is 4.82. The van der Waals surface area contributed by atoms with E-state index in [9.17, 15) is 0 Å². The summed E-state index contributed by atoms with van der Waals surface area (Å²) in [6.07, 6.45) is 2.59. The molecule has 2 aliphatic heterocycles. The largest absolute Gasteiger partial charge is 0.379 e. The molecular weight excluding hydrogens is 497 g/mol. The summed E-state index contributed by atoms with van der Waals surface area (Å²) < 4.78 is 5.43. The first-order chi connectivity index (χ1) is 13.8. The Morgan fingerprint density at radius 1 is 1.24 bits per heavy atom. The Morgan fingerprint density at radius 2 is 2.00 bits per heavy atom. The molecule has 0 amide bonds. The number of aliphatic imine (C=N–C) groups is 1. The number of morpholine rings is 1. The monoisotopic (exact) mass is 535 g/mol. The lowest BCUT2D eigenvalue weighted by atomic mass is 9.97. The van der Waals surface area contributed by atoms with Gasteiger partial charge < -0.3 is 15.4 Å². The summed E-state index contributed by atoms with van der Waals surface area (Å²) in [5.74, 6) is 1.78. The molecule has 29 heavy (non-hydrogen) atoms. The minimum absolute atomic E-state index is 0. The summed E-state index contributed by atoms with van der Waals surface area (Å²) in [5.41, 5.74) is 0. The van der Waals surface area contributed by atoms with E-state index in [1.165, 1.54) is 30.8 Å². The Hall–Kier alpha value is -0.420. The number of guanidine groups is 1. The molecule has 1 aromatic heterocycles. The van der Waals surface area contributed by atoms with E-state index in [1.807, 2.05) is 11.3 Å². The fourth-order valence-electron chi connectivity index (χ4n) is 3.88. The highest BCUT2D eigenvalue weighted by Gasteiger charge is 2.25. The third-order valence-corrected chi connectivity index (χ3v) is 6.69. The van der Waals surface area contributed by atoms with Crippen molar-refractivity contribution in [3.63, 3.8) is 0 Å². The molecular formula is C21H38IN5OS. The predicted octanol–water partition coefficient (Wildman–Crippen LogP) is 3.03. The molecule has 0 spiro atoms. The predicted molar refractivity (Wildman–Crippen MR) is 134 cm³/mol. The van der Waals surface area contributed by atoms with Crippen LogP contribution in [0.2, 0.25) is 0 Å². The number of hydrogen-bond acceptors (Lipinski definition) is 5. The first-order valence-corrected chi connectivity index (χ1v) is 11.7. The van der Waals surface area contributed by atoms with E-state index < -0.39 is 0 Å². The van der Waals surface area contributed by atoms with Crippen LogP contribution in [0.5, 0.6) is 0 Å². The van der Waals surface area contributed by atoms with E-state index in [-0.39, 0.29) is 24.0 Å². The summed E-state index contributed by atoms with van der Waals surface area (Å²) in [5, 5.41) is 9.12. The van der Waals surface area contributed by atoms with Gasteiger partial charge in [-0.15, -0.1) is 35.3 Å². The zero-order valence-electron chi connectivity index (χ0n) is 17.9. The second-order valence-corrected chi connectivity index (χ2v) is 8.83. The van der Waals surface area contributed by atoms with Crippen LogP contribution >= 0.6 is 35.3 Å². The molecule has 3 heterocycles. The van der Waals surface area contributed by atoms with Gasteiger partial charge in [-0.25, -0.2) is 0 Å². The molecule has 0 aromatic carbocycles. The average Bonchev–Trinajstić information content (AvgIpc) is 3.25. The summed E-state index contributed by atoms with van der Waals surface area (Å²) in [4.78, 5) is 11.5. The summed E-state index contributed by atoms with van der Waals surface area (Å²) >= 11 is 1.86. The number of thiophene rings is 1. The van der Waals surface area contributed by atoms with Gasteiger partial charge in [0.15, 0.2) is 5.96 Å². The van der Waals surface area contributed by atoms with Crippen LogP contribution in [-0.4, -0.2) is 81.3 Å². The van der Waals surface area contributed by atoms with Crippen molar-refractivity contribution in [2.24, 2.45) is 10.9 Å². The minimum atomic E-state index is 0. The zero-order valence-corrected chi connectivity index (χ0v) is 21.1. The fourth-order valence-corrected chi connectivity index (χ4v) is 4.74. The van der Waals surface area contributed by atoms with Gasteiger partial charge in [0.25, 0.3) is 0 Å². The van der Waals surface area contributed by atoms with Gasteiger partial charge in [-0.05, 0) is 50.2 Å². The third-order valence-electron chi connectivity index (χ3n) is 5.72. The molecule has 1 atom stereocenters. The van der Waals surface area contributed by atoms with Crippen molar-refractivity contribution in [1.29, 1.82) is 0 Å². The van der Waals surface area contributed by atoms with Gasteiger partial charge in [-0.2, -0.15) is 0 Å². The van der Waals surface area contributed by atoms with Gasteiger partial charge in [0.1, 0.15) is 0 Å². The van der Waals surface area contributed by atoms with Crippen molar-refractivity contribution in [3.05, 3.63) is 22.4 Å². The number of nitrogens with one attached hydrogen (secondary N) is 2. The maximum absolute atomic E-state index is 5.43. The second kappa shape index (κ2) is 13.8. The number of hydrogen-bond donors (Lipinski definition) is 2. The Balaban J connectivity index is 0.00000300. The highest BCUT2D eigenvalue weighted by atomic mass is 127. The van der Waals surface area contributed by atoms with Crippen LogP contribution in [0.1, 0.15) is 37.6 Å². The van der Waals surface area contributed by atoms with Crippen LogP contribution in [0, 0.1) is 5.92 Å². The quantitative estimate of drug-likeness (QED) is 0.305. The van der Waals surface area contributed by atoms with Crippen LogP contribution in [0.25, 0.3) is 0 Å². The maximum atomic E-state index is 5.43. The van der Waals surface area contributed by atoms with Crippen LogP contribution in [-0.2, 0) is 4.74 Å². The zero-order chi connectivity index (χ0) is 19.6. The molecule has 3 rings (SSSR count). The molecule has 2 aliphatic rings. The van der Waals surface area contributed by atoms with Crippen LogP contribution < -0.4 is 10.6 Å². The van der Waals surface area contributed by atoms with Crippen LogP contribution in [0.3, 0.4) is 0 Å². The fraction of sp³-hybridized carbons (Fsp3) is 0.762. The van der Waals surface area contributed by atoms with Gasteiger partial charge in [-0.3, -0.25) is 14.8 Å². The van der Waals surface area contributed by atoms with E-state index in [0.717, 1.165) is 64.4 Å². The number of halogens is 1. The molecule has 2 fully saturated rings. The number of likely N-dealkylation sites (tertiary alicyclic amines) is 1. The molecule has 1 aromatic rings. The van der Waals surface area contributed by atoms with Crippen molar-refractivity contribution in [3.8, 4) is 0 Å². The van der Waals surface area contributed by atoms with E-state index in [4.69, 9.17) is 9.73 Å². The van der Waals surface area contributed by atoms with Gasteiger partial charge in [-0.1, -0.05) is 13.0 Å². The Kier molecular flexibility index (Phi) is 11.8. The molecule has 1 unspecified atom stereocenters. The van der Waals surface area contributed by atoms with Gasteiger partial charge in [0.05, 0.1) is 25.8 Å². The third kappa shape index (κ3) is 8.32. The van der Waals surface area contributed by atoms with E-state index in [1.54, 1.807) is 0 Å². The first kappa shape index (κ1) is 24.8. The van der Waals surface area contributed by atoms with Crippen molar-refractivity contribution in [2.75, 3.05) is 65.6 Å². The second-order valence-electron chi connectivity index (χ2n) is 7.85. The van der Waals surface area contributed by atoms with Crippen molar-refractivity contribution in [1.82, 2.24) is 20.4 Å². The maximum Gasteiger partial charge on any atom is 0.191 e. The molecule has 166 valence electrons. The number of rotatable bonds is 8. The summed E-state index contributed by atoms with van der Waals surface area (Å²) in [7, 11) is 0. The van der Waals surface area contributed by atoms with Gasteiger partial charge in [0, 0.05) is 37.6 Å². The normalized spacial score (nSPS) is 20.8.